The third-order valence-electron chi connectivity index (χ3n) is 3.01. The molecule has 112 valence electrons. The van der Waals surface area contributed by atoms with Gasteiger partial charge >= 0.3 is 0 Å². The summed E-state index contributed by atoms with van der Waals surface area (Å²) in [5.74, 6) is 0.673. The van der Waals surface area contributed by atoms with E-state index in [4.69, 9.17) is 0 Å². The van der Waals surface area contributed by atoms with E-state index in [-0.39, 0.29) is 5.91 Å². The van der Waals surface area contributed by atoms with Crippen molar-refractivity contribution in [3.8, 4) is 0 Å². The predicted octanol–water partition coefficient (Wildman–Crippen LogP) is 1.84. The highest BCUT2D eigenvalue weighted by molar-refractivity contribution is 5.94. The van der Waals surface area contributed by atoms with Gasteiger partial charge in [0.15, 0.2) is 0 Å². The Bertz CT molecular complexity index is 580. The van der Waals surface area contributed by atoms with Crippen LogP contribution < -0.4 is 10.6 Å². The first-order valence-electron chi connectivity index (χ1n) is 7.15. The molecular weight excluding hydrogens is 266 g/mol. The summed E-state index contributed by atoms with van der Waals surface area (Å²) < 4.78 is 1.99. The lowest BCUT2D eigenvalue weighted by molar-refractivity contribution is 0.0952. The molecule has 0 bridgehead atoms. The molecule has 0 saturated heterocycles. The predicted molar refractivity (Wildman–Crippen MR) is 82.3 cm³/mol. The first-order valence-corrected chi connectivity index (χ1v) is 7.15. The molecule has 21 heavy (non-hydrogen) atoms. The van der Waals surface area contributed by atoms with Gasteiger partial charge in [-0.1, -0.05) is 0 Å². The topological polar surface area (TPSA) is 71.8 Å². The van der Waals surface area contributed by atoms with Gasteiger partial charge in [-0.3, -0.25) is 4.79 Å². The molecule has 0 aliphatic carbocycles. The summed E-state index contributed by atoms with van der Waals surface area (Å²) in [5.41, 5.74) is 1.47. The van der Waals surface area contributed by atoms with Crippen molar-refractivity contribution >= 4 is 11.7 Å². The van der Waals surface area contributed by atoms with Crippen LogP contribution in [-0.2, 0) is 6.54 Å². The monoisotopic (exact) mass is 287 g/mol. The van der Waals surface area contributed by atoms with E-state index in [2.05, 4.69) is 20.6 Å². The fourth-order valence-electron chi connectivity index (χ4n) is 2.06. The standard InChI is InChI=1S/C15H21N5O/c1-3-17-14-10-13(9-12(2)19-14)15(21)18-5-4-7-20-8-6-16-11-20/h6,8-11H,3-5,7H2,1-2H3,(H,17,19)(H,18,21). The molecule has 0 saturated carbocycles. The maximum Gasteiger partial charge on any atom is 0.251 e. The van der Waals surface area contributed by atoms with Crippen molar-refractivity contribution in [1.29, 1.82) is 0 Å². The number of imidazole rings is 1. The van der Waals surface area contributed by atoms with Gasteiger partial charge in [-0.25, -0.2) is 9.97 Å². The molecule has 1 amide bonds. The number of hydrogen-bond acceptors (Lipinski definition) is 4. The van der Waals surface area contributed by atoms with E-state index in [0.717, 1.165) is 31.0 Å². The normalized spacial score (nSPS) is 10.4. The third kappa shape index (κ3) is 4.59. The molecule has 0 fully saturated rings. The first-order chi connectivity index (χ1) is 10.2. The summed E-state index contributed by atoms with van der Waals surface area (Å²) in [6.45, 7) is 6.15. The molecule has 2 rings (SSSR count). The van der Waals surface area contributed by atoms with Crippen LogP contribution in [0.1, 0.15) is 29.4 Å². The van der Waals surface area contributed by atoms with Gasteiger partial charge in [0.05, 0.1) is 6.33 Å². The highest BCUT2D eigenvalue weighted by Crippen LogP contribution is 2.10. The van der Waals surface area contributed by atoms with E-state index in [0.29, 0.717) is 12.1 Å². The second-order valence-corrected chi connectivity index (χ2v) is 4.82. The number of pyridine rings is 1. The molecule has 0 aliphatic heterocycles. The van der Waals surface area contributed by atoms with Gasteiger partial charge in [-0.15, -0.1) is 0 Å². The largest absolute Gasteiger partial charge is 0.370 e. The molecule has 2 N–H and O–H groups in total. The molecule has 0 unspecified atom stereocenters. The van der Waals surface area contributed by atoms with Gasteiger partial charge in [-0.2, -0.15) is 0 Å². The molecule has 6 heteroatoms. The van der Waals surface area contributed by atoms with Crippen LogP contribution in [0.4, 0.5) is 5.82 Å². The summed E-state index contributed by atoms with van der Waals surface area (Å²) in [5, 5.41) is 6.06. The number of nitrogens with zero attached hydrogens (tertiary/aromatic N) is 3. The lowest BCUT2D eigenvalue weighted by Crippen LogP contribution is -2.25. The highest BCUT2D eigenvalue weighted by Gasteiger charge is 2.07. The van der Waals surface area contributed by atoms with E-state index in [1.165, 1.54) is 0 Å². The Kier molecular flexibility index (Phi) is 5.31. The van der Waals surface area contributed by atoms with Gasteiger partial charge in [0, 0.05) is 43.3 Å². The Morgan fingerprint density at radius 3 is 2.95 bits per heavy atom. The molecule has 2 aromatic heterocycles. The maximum absolute atomic E-state index is 12.1. The van der Waals surface area contributed by atoms with Crippen molar-refractivity contribution in [2.24, 2.45) is 0 Å². The van der Waals surface area contributed by atoms with Gasteiger partial charge in [0.2, 0.25) is 0 Å². The summed E-state index contributed by atoms with van der Waals surface area (Å²) in [6.07, 6.45) is 6.31. The van der Waals surface area contributed by atoms with Crippen molar-refractivity contribution < 1.29 is 4.79 Å². The number of carbonyl (C=O) groups excluding carboxylic acids is 1. The van der Waals surface area contributed by atoms with Crippen molar-refractivity contribution in [2.45, 2.75) is 26.8 Å². The van der Waals surface area contributed by atoms with E-state index in [9.17, 15) is 4.79 Å². The molecule has 0 spiro atoms. The minimum atomic E-state index is -0.0646. The van der Waals surface area contributed by atoms with Crippen LogP contribution in [0.5, 0.6) is 0 Å². The zero-order valence-corrected chi connectivity index (χ0v) is 12.5. The van der Waals surface area contributed by atoms with Crippen LogP contribution in [0, 0.1) is 6.92 Å². The number of aryl methyl sites for hydroxylation is 2. The van der Waals surface area contributed by atoms with Crippen LogP contribution in [0.2, 0.25) is 0 Å². The summed E-state index contributed by atoms with van der Waals surface area (Å²) in [7, 11) is 0. The average Bonchev–Trinajstić information content (AvgIpc) is 2.96. The zero-order valence-electron chi connectivity index (χ0n) is 12.5. The SMILES string of the molecule is CCNc1cc(C(=O)NCCCn2ccnc2)cc(C)n1. The van der Waals surface area contributed by atoms with Crippen LogP contribution in [0.15, 0.2) is 30.9 Å². The van der Waals surface area contributed by atoms with Crippen LogP contribution in [0.3, 0.4) is 0 Å². The molecule has 6 nitrogen and oxygen atoms in total. The number of amides is 1. The molecular formula is C15H21N5O. The van der Waals surface area contributed by atoms with E-state index < -0.39 is 0 Å². The molecule has 2 heterocycles. The van der Waals surface area contributed by atoms with E-state index >= 15 is 0 Å². The number of rotatable bonds is 7. The lowest BCUT2D eigenvalue weighted by Gasteiger charge is -2.09. The van der Waals surface area contributed by atoms with E-state index in [1.807, 2.05) is 24.6 Å². The molecule has 0 radical (unpaired) electrons. The summed E-state index contributed by atoms with van der Waals surface area (Å²) >= 11 is 0. The number of hydrogen-bond donors (Lipinski definition) is 2. The Hall–Kier alpha value is -2.37. The number of anilines is 1. The second kappa shape index (κ2) is 7.42. The average molecular weight is 287 g/mol. The summed E-state index contributed by atoms with van der Waals surface area (Å²) in [4.78, 5) is 20.4. The van der Waals surface area contributed by atoms with Gasteiger partial charge in [-0.05, 0) is 32.4 Å². The van der Waals surface area contributed by atoms with Crippen molar-refractivity contribution in [1.82, 2.24) is 19.9 Å². The van der Waals surface area contributed by atoms with Crippen molar-refractivity contribution in [2.75, 3.05) is 18.4 Å². The van der Waals surface area contributed by atoms with Crippen molar-refractivity contribution in [3.05, 3.63) is 42.1 Å². The quantitative estimate of drug-likeness (QED) is 0.762. The number of carbonyl (C=O) groups is 1. The Balaban J connectivity index is 1.85. The van der Waals surface area contributed by atoms with Gasteiger partial charge in [0.1, 0.15) is 5.82 Å². The zero-order chi connectivity index (χ0) is 15.1. The fourth-order valence-corrected chi connectivity index (χ4v) is 2.06. The Morgan fingerprint density at radius 2 is 2.24 bits per heavy atom. The molecule has 2 aromatic rings. The minimum absolute atomic E-state index is 0.0646. The van der Waals surface area contributed by atoms with Crippen LogP contribution in [-0.4, -0.2) is 33.5 Å². The maximum atomic E-state index is 12.1. The first kappa shape index (κ1) is 15.0. The third-order valence-corrected chi connectivity index (χ3v) is 3.01. The van der Waals surface area contributed by atoms with Crippen molar-refractivity contribution in [3.63, 3.8) is 0 Å². The number of aromatic nitrogens is 3. The smallest absolute Gasteiger partial charge is 0.251 e. The Morgan fingerprint density at radius 1 is 1.38 bits per heavy atom. The van der Waals surface area contributed by atoms with Gasteiger partial charge < -0.3 is 15.2 Å². The number of nitrogens with one attached hydrogen (secondary N) is 2. The highest BCUT2D eigenvalue weighted by atomic mass is 16.1. The van der Waals surface area contributed by atoms with Crippen LogP contribution in [0.25, 0.3) is 0 Å². The molecule has 0 aromatic carbocycles. The fraction of sp³-hybridized carbons (Fsp3) is 0.400. The molecule has 0 aliphatic rings. The lowest BCUT2D eigenvalue weighted by atomic mass is 10.2. The second-order valence-electron chi connectivity index (χ2n) is 4.82. The summed E-state index contributed by atoms with van der Waals surface area (Å²) in [6, 6.07) is 3.58. The van der Waals surface area contributed by atoms with Crippen LogP contribution >= 0.6 is 0 Å². The Labute approximate surface area is 124 Å². The van der Waals surface area contributed by atoms with Gasteiger partial charge in [0.25, 0.3) is 5.91 Å². The van der Waals surface area contributed by atoms with E-state index in [1.54, 1.807) is 24.7 Å². The molecule has 0 atom stereocenters. The minimum Gasteiger partial charge on any atom is -0.370 e.